The SMILES string of the molecule is CCc1ccc(N=Cc2cc(Br)c(OCC(=O)Nc3ccccc3)c(OC)c2)cc1. The Morgan fingerprint density at radius 1 is 1.10 bits per heavy atom. The van der Waals surface area contributed by atoms with Crippen LogP contribution in [0.3, 0.4) is 0 Å². The van der Waals surface area contributed by atoms with Gasteiger partial charge in [0, 0.05) is 11.9 Å². The number of hydrogen-bond donors (Lipinski definition) is 1. The van der Waals surface area contributed by atoms with E-state index in [1.165, 1.54) is 5.56 Å². The molecule has 3 rings (SSSR count). The summed E-state index contributed by atoms with van der Waals surface area (Å²) >= 11 is 3.50. The monoisotopic (exact) mass is 466 g/mol. The van der Waals surface area contributed by atoms with Crippen LogP contribution in [-0.4, -0.2) is 25.8 Å². The molecular formula is C24H23BrN2O3. The Hall–Kier alpha value is -3.12. The van der Waals surface area contributed by atoms with Crippen LogP contribution in [0.4, 0.5) is 11.4 Å². The Morgan fingerprint density at radius 2 is 1.83 bits per heavy atom. The molecule has 0 fully saturated rings. The zero-order chi connectivity index (χ0) is 21.3. The number of halogens is 1. The number of nitrogens with zero attached hydrogens (tertiary/aromatic N) is 1. The number of carbonyl (C=O) groups is 1. The molecule has 0 saturated carbocycles. The van der Waals surface area contributed by atoms with Crippen LogP contribution >= 0.6 is 15.9 Å². The summed E-state index contributed by atoms with van der Waals surface area (Å²) < 4.78 is 11.8. The molecule has 0 bridgehead atoms. The minimum absolute atomic E-state index is 0.138. The fourth-order valence-corrected chi connectivity index (χ4v) is 3.35. The van der Waals surface area contributed by atoms with Gasteiger partial charge in [-0.1, -0.05) is 37.3 Å². The van der Waals surface area contributed by atoms with Gasteiger partial charge in [-0.2, -0.15) is 0 Å². The van der Waals surface area contributed by atoms with Gasteiger partial charge in [-0.3, -0.25) is 9.79 Å². The first kappa shape index (κ1) is 21.6. The number of para-hydroxylation sites is 1. The third-order valence-electron chi connectivity index (χ3n) is 4.36. The van der Waals surface area contributed by atoms with Crippen molar-refractivity contribution in [2.24, 2.45) is 4.99 Å². The Bertz CT molecular complexity index is 1020. The molecular weight excluding hydrogens is 444 g/mol. The van der Waals surface area contributed by atoms with Crippen molar-refractivity contribution in [1.82, 2.24) is 0 Å². The number of aryl methyl sites for hydroxylation is 1. The minimum Gasteiger partial charge on any atom is -0.493 e. The summed E-state index contributed by atoms with van der Waals surface area (Å²) in [6, 6.07) is 21.0. The van der Waals surface area contributed by atoms with Crippen molar-refractivity contribution in [2.45, 2.75) is 13.3 Å². The van der Waals surface area contributed by atoms with E-state index in [4.69, 9.17) is 9.47 Å². The van der Waals surface area contributed by atoms with Gasteiger partial charge in [0.05, 0.1) is 17.3 Å². The quantitative estimate of drug-likeness (QED) is 0.427. The van der Waals surface area contributed by atoms with Gasteiger partial charge in [0.1, 0.15) is 0 Å². The molecule has 30 heavy (non-hydrogen) atoms. The maximum atomic E-state index is 12.2. The number of benzene rings is 3. The molecule has 0 aromatic heterocycles. The fraction of sp³-hybridized carbons (Fsp3) is 0.167. The number of aliphatic imine (C=N–C) groups is 1. The molecule has 0 aliphatic heterocycles. The second kappa shape index (κ2) is 10.6. The second-order valence-corrected chi connectivity index (χ2v) is 7.37. The summed E-state index contributed by atoms with van der Waals surface area (Å²) in [7, 11) is 1.56. The first-order valence-corrected chi connectivity index (χ1v) is 10.4. The van der Waals surface area contributed by atoms with E-state index in [0.717, 1.165) is 23.4 Å². The van der Waals surface area contributed by atoms with Crippen LogP contribution in [0, 0.1) is 0 Å². The summed E-state index contributed by atoms with van der Waals surface area (Å²) in [5.41, 5.74) is 3.71. The van der Waals surface area contributed by atoms with Gasteiger partial charge in [0.15, 0.2) is 18.1 Å². The number of ether oxygens (including phenoxy) is 2. The molecule has 0 unspecified atom stereocenters. The largest absolute Gasteiger partial charge is 0.493 e. The second-order valence-electron chi connectivity index (χ2n) is 6.52. The third-order valence-corrected chi connectivity index (χ3v) is 4.95. The zero-order valence-corrected chi connectivity index (χ0v) is 18.5. The van der Waals surface area contributed by atoms with E-state index in [1.807, 2.05) is 54.6 Å². The van der Waals surface area contributed by atoms with Crippen molar-refractivity contribution in [3.8, 4) is 11.5 Å². The van der Waals surface area contributed by atoms with Crippen LogP contribution in [0.2, 0.25) is 0 Å². The summed E-state index contributed by atoms with van der Waals surface area (Å²) in [6.45, 7) is 1.98. The van der Waals surface area contributed by atoms with Crippen molar-refractivity contribution in [2.75, 3.05) is 19.0 Å². The average Bonchev–Trinajstić information content (AvgIpc) is 2.77. The highest BCUT2D eigenvalue weighted by Gasteiger charge is 2.13. The van der Waals surface area contributed by atoms with Gasteiger partial charge in [-0.05, 0) is 69.9 Å². The van der Waals surface area contributed by atoms with Crippen LogP contribution < -0.4 is 14.8 Å². The van der Waals surface area contributed by atoms with Crippen LogP contribution in [0.15, 0.2) is 76.2 Å². The number of hydrogen-bond acceptors (Lipinski definition) is 4. The van der Waals surface area contributed by atoms with E-state index in [9.17, 15) is 4.79 Å². The predicted octanol–water partition coefficient (Wildman–Crippen LogP) is 5.79. The highest BCUT2D eigenvalue weighted by molar-refractivity contribution is 9.10. The Morgan fingerprint density at radius 3 is 2.50 bits per heavy atom. The lowest BCUT2D eigenvalue weighted by Gasteiger charge is -2.13. The third kappa shape index (κ3) is 5.94. The highest BCUT2D eigenvalue weighted by Crippen LogP contribution is 2.36. The smallest absolute Gasteiger partial charge is 0.262 e. The normalized spacial score (nSPS) is 10.8. The fourth-order valence-electron chi connectivity index (χ4n) is 2.78. The first-order valence-electron chi connectivity index (χ1n) is 9.57. The maximum absolute atomic E-state index is 12.2. The standard InChI is InChI=1S/C24H23BrN2O3/c1-3-17-9-11-19(12-10-17)26-15-18-13-21(25)24(22(14-18)29-2)30-16-23(28)27-20-7-5-4-6-8-20/h4-15H,3,16H2,1-2H3,(H,27,28). The lowest BCUT2D eigenvalue weighted by molar-refractivity contribution is -0.118. The van der Waals surface area contributed by atoms with Crippen LogP contribution in [0.1, 0.15) is 18.1 Å². The Balaban J connectivity index is 1.68. The van der Waals surface area contributed by atoms with E-state index in [2.05, 4.69) is 45.3 Å². The lowest BCUT2D eigenvalue weighted by Crippen LogP contribution is -2.20. The van der Waals surface area contributed by atoms with E-state index >= 15 is 0 Å². The molecule has 0 heterocycles. The van der Waals surface area contributed by atoms with Crippen LogP contribution in [0.5, 0.6) is 11.5 Å². The summed E-state index contributed by atoms with van der Waals surface area (Å²) in [5, 5.41) is 2.79. The molecule has 154 valence electrons. The maximum Gasteiger partial charge on any atom is 0.262 e. The molecule has 6 heteroatoms. The topological polar surface area (TPSA) is 59.9 Å². The number of methoxy groups -OCH3 is 1. The number of rotatable bonds is 8. The van der Waals surface area contributed by atoms with E-state index in [1.54, 1.807) is 13.3 Å². The van der Waals surface area contributed by atoms with Crippen molar-refractivity contribution in [3.63, 3.8) is 0 Å². The molecule has 1 amide bonds. The van der Waals surface area contributed by atoms with Crippen molar-refractivity contribution in [3.05, 3.63) is 82.3 Å². The van der Waals surface area contributed by atoms with Crippen LogP contribution in [-0.2, 0) is 11.2 Å². The Kier molecular flexibility index (Phi) is 7.63. The van der Waals surface area contributed by atoms with Gasteiger partial charge in [0.2, 0.25) is 0 Å². The van der Waals surface area contributed by atoms with E-state index < -0.39 is 0 Å². The van der Waals surface area contributed by atoms with Gasteiger partial charge < -0.3 is 14.8 Å². The minimum atomic E-state index is -0.253. The van der Waals surface area contributed by atoms with Gasteiger partial charge >= 0.3 is 0 Å². The molecule has 3 aromatic rings. The van der Waals surface area contributed by atoms with Crippen LogP contribution in [0.25, 0.3) is 0 Å². The highest BCUT2D eigenvalue weighted by atomic mass is 79.9. The summed E-state index contributed by atoms with van der Waals surface area (Å²) in [5.74, 6) is 0.723. The molecule has 0 saturated heterocycles. The average molecular weight is 467 g/mol. The summed E-state index contributed by atoms with van der Waals surface area (Å²) in [4.78, 5) is 16.7. The van der Waals surface area contributed by atoms with E-state index in [0.29, 0.717) is 16.0 Å². The number of anilines is 1. The number of nitrogens with one attached hydrogen (secondary N) is 1. The molecule has 3 aromatic carbocycles. The van der Waals surface area contributed by atoms with Gasteiger partial charge in [-0.15, -0.1) is 0 Å². The summed E-state index contributed by atoms with van der Waals surface area (Å²) in [6.07, 6.45) is 2.76. The molecule has 0 atom stereocenters. The van der Waals surface area contributed by atoms with E-state index in [-0.39, 0.29) is 12.5 Å². The zero-order valence-electron chi connectivity index (χ0n) is 16.9. The van der Waals surface area contributed by atoms with Gasteiger partial charge in [0.25, 0.3) is 5.91 Å². The van der Waals surface area contributed by atoms with Crippen molar-refractivity contribution in [1.29, 1.82) is 0 Å². The van der Waals surface area contributed by atoms with Crippen molar-refractivity contribution >= 4 is 39.4 Å². The van der Waals surface area contributed by atoms with Gasteiger partial charge in [-0.25, -0.2) is 0 Å². The van der Waals surface area contributed by atoms with Crippen molar-refractivity contribution < 1.29 is 14.3 Å². The molecule has 0 spiro atoms. The molecule has 0 radical (unpaired) electrons. The molecule has 0 aliphatic carbocycles. The molecule has 0 aliphatic rings. The number of carbonyl (C=O) groups excluding carboxylic acids is 1. The lowest BCUT2D eigenvalue weighted by atomic mass is 10.1. The first-order chi connectivity index (χ1) is 14.6. The number of amides is 1. The molecule has 1 N–H and O–H groups in total. The Labute approximate surface area is 184 Å². The predicted molar refractivity (Wildman–Crippen MR) is 124 cm³/mol. The molecule has 5 nitrogen and oxygen atoms in total.